The zero-order chi connectivity index (χ0) is 31.2. The maximum Gasteiger partial charge on any atom is 0.132 e. The zero-order valence-corrected chi connectivity index (χ0v) is 26.9. The summed E-state index contributed by atoms with van der Waals surface area (Å²) in [5.41, 5.74) is 8.66. The van der Waals surface area contributed by atoms with Crippen LogP contribution in [0.1, 0.15) is 80.0 Å². The summed E-state index contributed by atoms with van der Waals surface area (Å²) in [5.74, 6) is 0.239. The molecule has 1 fully saturated rings. The molecule has 0 aliphatic carbocycles. The lowest BCUT2D eigenvalue weighted by Crippen LogP contribution is -2.45. The molecule has 1 heterocycles. The van der Waals surface area contributed by atoms with Crippen LogP contribution in [0, 0.1) is 24.1 Å². The fraction of sp³-hybridized carbons (Fsp3) is 0.325. The van der Waals surface area contributed by atoms with Gasteiger partial charge in [-0.05, 0) is 119 Å². The molecule has 0 saturated carbocycles. The normalized spacial score (nSPS) is 16.0. The number of allylic oxidation sites excluding steroid dienone is 2. The highest BCUT2D eigenvalue weighted by Crippen LogP contribution is 2.36. The van der Waals surface area contributed by atoms with Crippen LogP contribution in [-0.4, -0.2) is 29.7 Å². The smallest absolute Gasteiger partial charge is 0.132 e. The van der Waals surface area contributed by atoms with Gasteiger partial charge in [0.05, 0.1) is 11.8 Å². The molecule has 0 bridgehead atoms. The lowest BCUT2D eigenvalue weighted by atomic mass is 9.87. The van der Waals surface area contributed by atoms with E-state index < -0.39 is 0 Å². The minimum atomic E-state index is -0.359. The first-order valence-electron chi connectivity index (χ1n) is 16.0. The molecule has 2 unspecified atom stereocenters. The summed E-state index contributed by atoms with van der Waals surface area (Å²) in [7, 11) is 0. The van der Waals surface area contributed by atoms with Crippen molar-refractivity contribution in [3.63, 3.8) is 0 Å². The topological polar surface area (TPSA) is 30.3 Å². The van der Waals surface area contributed by atoms with Crippen molar-refractivity contribution < 1.29 is 4.39 Å². The van der Waals surface area contributed by atoms with E-state index in [0.717, 1.165) is 49.2 Å². The van der Waals surface area contributed by atoms with E-state index in [4.69, 9.17) is 5.41 Å². The summed E-state index contributed by atoms with van der Waals surface area (Å²) in [6.07, 6.45) is 4.38. The number of likely N-dealkylation sites (tertiary alicyclic amines) is 1. The minimum absolute atomic E-state index is 0.226. The van der Waals surface area contributed by atoms with Crippen LogP contribution in [0.2, 0.25) is 0 Å². The Kier molecular flexibility index (Phi) is 10.1. The predicted molar refractivity (Wildman–Crippen MR) is 184 cm³/mol. The number of aryl methyl sites for hydroxylation is 1. The number of hydrogen-bond donors (Lipinski definition) is 1. The van der Waals surface area contributed by atoms with E-state index in [9.17, 15) is 4.39 Å². The van der Waals surface area contributed by atoms with Crippen molar-refractivity contribution in [3.8, 4) is 0 Å². The van der Waals surface area contributed by atoms with Crippen molar-refractivity contribution in [2.45, 2.75) is 66.1 Å². The zero-order valence-electron chi connectivity index (χ0n) is 26.9. The van der Waals surface area contributed by atoms with Gasteiger partial charge in [-0.25, -0.2) is 4.39 Å². The van der Waals surface area contributed by atoms with Crippen molar-refractivity contribution in [1.29, 1.82) is 5.41 Å². The van der Waals surface area contributed by atoms with Gasteiger partial charge in [-0.15, -0.1) is 0 Å². The van der Waals surface area contributed by atoms with E-state index >= 15 is 0 Å². The van der Waals surface area contributed by atoms with Crippen molar-refractivity contribution >= 4 is 17.0 Å². The molecule has 2 atom stereocenters. The standard InChI is InChI=1S/C40H46FN3/c1-6-28(2)37-26-32(20-21-35(37)40(42)36-17-11-12-18-38(36)41)27-43-24-22-34(23-25-43)31(5)44(39-19-13-10-14-29(39)3)30(4)33-15-8-7-9-16-33/h6-21,26,30-31,34,42H,22-25,27H2,1-5H3/b28-6+,42-40?. The number of nitrogens with zero attached hydrogens (tertiary/aromatic N) is 2. The number of hydrogen-bond acceptors (Lipinski definition) is 3. The van der Waals surface area contributed by atoms with Crippen LogP contribution in [0.25, 0.3) is 5.57 Å². The Balaban J connectivity index is 1.31. The summed E-state index contributed by atoms with van der Waals surface area (Å²) < 4.78 is 14.5. The van der Waals surface area contributed by atoms with Gasteiger partial charge in [-0.1, -0.05) is 78.9 Å². The lowest BCUT2D eigenvalue weighted by molar-refractivity contribution is 0.161. The molecular formula is C40H46FN3. The van der Waals surface area contributed by atoms with E-state index in [1.54, 1.807) is 18.2 Å². The average Bonchev–Trinajstić information content (AvgIpc) is 3.06. The molecule has 1 N–H and O–H groups in total. The second-order valence-electron chi connectivity index (χ2n) is 12.3. The van der Waals surface area contributed by atoms with Gasteiger partial charge in [0.1, 0.15) is 5.82 Å². The van der Waals surface area contributed by atoms with Gasteiger partial charge in [0, 0.05) is 29.4 Å². The molecule has 1 aliphatic heterocycles. The van der Waals surface area contributed by atoms with Crippen molar-refractivity contribution in [2.24, 2.45) is 5.92 Å². The Morgan fingerprint density at radius 1 is 0.886 bits per heavy atom. The largest absolute Gasteiger partial charge is 0.362 e. The van der Waals surface area contributed by atoms with E-state index in [1.165, 1.54) is 28.4 Å². The van der Waals surface area contributed by atoms with Gasteiger partial charge < -0.3 is 4.90 Å². The van der Waals surface area contributed by atoms with Gasteiger partial charge in [-0.2, -0.15) is 0 Å². The molecule has 5 rings (SSSR count). The SMILES string of the molecule is C/C=C(\C)c1cc(CN2CCC(C(C)N(c3ccccc3C)C(C)c3ccccc3)CC2)ccc1C(=N)c1ccccc1F. The maximum absolute atomic E-state index is 14.5. The number of piperidine rings is 1. The molecule has 0 amide bonds. The third-order valence-electron chi connectivity index (χ3n) is 9.61. The number of para-hydroxylation sites is 1. The molecule has 1 saturated heterocycles. The molecule has 0 radical (unpaired) electrons. The van der Waals surface area contributed by atoms with E-state index in [1.807, 2.05) is 13.0 Å². The molecule has 228 valence electrons. The fourth-order valence-electron chi connectivity index (χ4n) is 6.80. The van der Waals surface area contributed by atoms with Crippen LogP contribution in [0.3, 0.4) is 0 Å². The van der Waals surface area contributed by atoms with Crippen LogP contribution < -0.4 is 4.90 Å². The van der Waals surface area contributed by atoms with Crippen LogP contribution >= 0.6 is 0 Å². The molecule has 0 spiro atoms. The molecule has 4 aromatic rings. The van der Waals surface area contributed by atoms with Crippen LogP contribution in [0.4, 0.5) is 10.1 Å². The highest BCUT2D eigenvalue weighted by molar-refractivity contribution is 6.13. The van der Waals surface area contributed by atoms with Crippen LogP contribution in [-0.2, 0) is 6.54 Å². The number of anilines is 1. The van der Waals surface area contributed by atoms with E-state index in [2.05, 4.69) is 110 Å². The van der Waals surface area contributed by atoms with Gasteiger partial charge in [0.15, 0.2) is 0 Å². The minimum Gasteiger partial charge on any atom is -0.362 e. The first kappa shape index (κ1) is 31.4. The van der Waals surface area contributed by atoms with Crippen LogP contribution in [0.15, 0.2) is 103 Å². The number of nitrogens with one attached hydrogen (secondary N) is 1. The summed E-state index contributed by atoms with van der Waals surface area (Å²) in [5, 5.41) is 8.82. The molecular weight excluding hydrogens is 541 g/mol. The third-order valence-corrected chi connectivity index (χ3v) is 9.61. The second kappa shape index (κ2) is 14.2. The second-order valence-corrected chi connectivity index (χ2v) is 12.3. The number of rotatable bonds is 10. The van der Waals surface area contributed by atoms with Crippen molar-refractivity contribution in [2.75, 3.05) is 18.0 Å². The summed E-state index contributed by atoms with van der Waals surface area (Å²) in [4.78, 5) is 5.22. The van der Waals surface area contributed by atoms with Gasteiger partial charge >= 0.3 is 0 Å². The monoisotopic (exact) mass is 587 g/mol. The summed E-state index contributed by atoms with van der Waals surface area (Å²) >= 11 is 0. The molecule has 4 heteroatoms. The quantitative estimate of drug-likeness (QED) is 0.187. The maximum atomic E-state index is 14.5. The van der Waals surface area contributed by atoms with Gasteiger partial charge in [-0.3, -0.25) is 10.3 Å². The Hall–Kier alpha value is -4.02. The Morgan fingerprint density at radius 3 is 2.23 bits per heavy atom. The first-order valence-corrected chi connectivity index (χ1v) is 16.0. The lowest BCUT2D eigenvalue weighted by Gasteiger charge is -2.44. The Labute approximate surface area is 263 Å². The fourth-order valence-corrected chi connectivity index (χ4v) is 6.80. The summed E-state index contributed by atoms with van der Waals surface area (Å²) in [6.45, 7) is 14.1. The highest BCUT2D eigenvalue weighted by Gasteiger charge is 2.31. The average molecular weight is 588 g/mol. The first-order chi connectivity index (χ1) is 21.3. The van der Waals surface area contributed by atoms with E-state index in [0.29, 0.717) is 17.5 Å². The highest BCUT2D eigenvalue weighted by atomic mass is 19.1. The third kappa shape index (κ3) is 6.87. The van der Waals surface area contributed by atoms with Gasteiger partial charge in [0.25, 0.3) is 0 Å². The van der Waals surface area contributed by atoms with Crippen molar-refractivity contribution in [1.82, 2.24) is 4.90 Å². The molecule has 44 heavy (non-hydrogen) atoms. The van der Waals surface area contributed by atoms with Crippen molar-refractivity contribution in [3.05, 3.63) is 142 Å². The summed E-state index contributed by atoms with van der Waals surface area (Å²) in [6, 6.07) is 33.2. The number of benzene rings is 4. The van der Waals surface area contributed by atoms with E-state index in [-0.39, 0.29) is 17.6 Å². The Bertz CT molecular complexity index is 1600. The molecule has 4 aromatic carbocycles. The van der Waals surface area contributed by atoms with Gasteiger partial charge in [0.2, 0.25) is 0 Å². The predicted octanol–water partition coefficient (Wildman–Crippen LogP) is 9.84. The number of halogens is 1. The molecule has 3 nitrogen and oxygen atoms in total. The Morgan fingerprint density at radius 2 is 1.55 bits per heavy atom. The van der Waals surface area contributed by atoms with Crippen LogP contribution in [0.5, 0.6) is 0 Å². The molecule has 0 aromatic heterocycles. The molecule has 1 aliphatic rings.